The molecular formula is C21H14N2O2. The maximum atomic E-state index is 12.7. The average molecular weight is 326 g/mol. The largest absolute Gasteiger partial charge is 0.321 e. The first-order chi connectivity index (χ1) is 12.1. The number of fused-ring (bicyclic) bond motifs is 1. The van der Waals surface area contributed by atoms with Crippen LogP contribution in [-0.2, 0) is 9.59 Å². The quantitative estimate of drug-likeness (QED) is 0.853. The van der Waals surface area contributed by atoms with Crippen LogP contribution in [0.1, 0.15) is 23.1 Å². The highest BCUT2D eigenvalue weighted by molar-refractivity contribution is 6.31. The molecule has 0 spiro atoms. The molecule has 2 aromatic rings. The highest BCUT2D eigenvalue weighted by Crippen LogP contribution is 2.42. The van der Waals surface area contributed by atoms with Crippen molar-refractivity contribution in [3.8, 4) is 0 Å². The predicted octanol–water partition coefficient (Wildman–Crippen LogP) is 3.81. The number of Topliss-reactive ketones (excluding diaryl/α,β-unsaturated/α-hetero) is 1. The first kappa shape index (κ1) is 15.1. The molecule has 0 bridgehead atoms. The van der Waals surface area contributed by atoms with Crippen LogP contribution >= 0.6 is 0 Å². The van der Waals surface area contributed by atoms with Crippen LogP contribution in [0.4, 0.5) is 5.69 Å². The monoisotopic (exact) mass is 326 g/mol. The van der Waals surface area contributed by atoms with Gasteiger partial charge in [0.15, 0.2) is 11.5 Å². The summed E-state index contributed by atoms with van der Waals surface area (Å²) < 4.78 is 0. The Balaban J connectivity index is 1.91. The Kier molecular flexibility index (Phi) is 3.36. The van der Waals surface area contributed by atoms with E-state index in [1.165, 1.54) is 0 Å². The van der Waals surface area contributed by atoms with E-state index in [1.54, 1.807) is 24.3 Å². The number of hydrogen-bond donors (Lipinski definition) is 1. The summed E-state index contributed by atoms with van der Waals surface area (Å²) in [7, 11) is 0. The second kappa shape index (κ2) is 5.57. The molecule has 1 N–H and O–H groups in total. The van der Waals surface area contributed by atoms with Gasteiger partial charge in [0, 0.05) is 6.42 Å². The van der Waals surface area contributed by atoms with Gasteiger partial charge in [0.05, 0.1) is 23.4 Å². The third kappa shape index (κ3) is 2.38. The summed E-state index contributed by atoms with van der Waals surface area (Å²) >= 11 is 0. The van der Waals surface area contributed by atoms with Gasteiger partial charge in [-0.05, 0) is 29.7 Å². The van der Waals surface area contributed by atoms with Gasteiger partial charge in [-0.25, -0.2) is 4.85 Å². The number of hydrogen-bond acceptors (Lipinski definition) is 2. The van der Waals surface area contributed by atoms with Crippen molar-refractivity contribution in [2.45, 2.75) is 13.3 Å². The number of amides is 1. The highest BCUT2D eigenvalue weighted by atomic mass is 16.2. The molecule has 1 aliphatic carbocycles. The number of carbonyl (C=O) groups excluding carboxylic acids is 2. The molecule has 0 aromatic heterocycles. The maximum Gasteiger partial charge on any atom is 0.256 e. The third-order valence-electron chi connectivity index (χ3n) is 4.51. The normalized spacial score (nSPS) is 16.2. The molecular weight excluding hydrogens is 312 g/mol. The van der Waals surface area contributed by atoms with Gasteiger partial charge in [0.2, 0.25) is 0 Å². The van der Waals surface area contributed by atoms with Crippen molar-refractivity contribution in [2.24, 2.45) is 0 Å². The lowest BCUT2D eigenvalue weighted by molar-refractivity contribution is -0.116. The van der Waals surface area contributed by atoms with Crippen molar-refractivity contribution in [1.82, 2.24) is 5.32 Å². The Morgan fingerprint density at radius 2 is 1.76 bits per heavy atom. The second-order valence-corrected chi connectivity index (χ2v) is 6.19. The number of benzene rings is 2. The van der Waals surface area contributed by atoms with E-state index < -0.39 is 0 Å². The lowest BCUT2D eigenvalue weighted by atomic mass is 9.99. The van der Waals surface area contributed by atoms with Crippen LogP contribution in [0.2, 0.25) is 0 Å². The Bertz CT molecular complexity index is 1050. The molecule has 4 rings (SSSR count). The van der Waals surface area contributed by atoms with Crippen molar-refractivity contribution in [3.63, 3.8) is 0 Å². The summed E-state index contributed by atoms with van der Waals surface area (Å²) in [5, 5.41) is 2.83. The molecule has 120 valence electrons. The topological polar surface area (TPSA) is 50.5 Å². The lowest BCUT2D eigenvalue weighted by Gasteiger charge is -2.06. The number of nitrogens with one attached hydrogen (secondary N) is 1. The van der Waals surface area contributed by atoms with E-state index in [-0.39, 0.29) is 18.1 Å². The first-order valence-corrected chi connectivity index (χ1v) is 7.96. The number of ketones is 1. The van der Waals surface area contributed by atoms with Gasteiger partial charge in [-0.15, -0.1) is 0 Å². The molecule has 2 aromatic carbocycles. The summed E-state index contributed by atoms with van der Waals surface area (Å²) in [5.74, 6) is -0.311. The number of carbonyl (C=O) groups is 2. The van der Waals surface area contributed by atoms with Crippen LogP contribution in [0.5, 0.6) is 0 Å². The zero-order chi connectivity index (χ0) is 17.6. The van der Waals surface area contributed by atoms with Gasteiger partial charge in [0.25, 0.3) is 5.91 Å². The minimum absolute atomic E-state index is 0.0620. The number of nitrogens with zero attached hydrogens (tertiary/aromatic N) is 1. The lowest BCUT2D eigenvalue weighted by Crippen LogP contribution is -2.16. The minimum Gasteiger partial charge on any atom is -0.321 e. The van der Waals surface area contributed by atoms with Crippen molar-refractivity contribution in [1.29, 1.82) is 0 Å². The van der Waals surface area contributed by atoms with Crippen LogP contribution in [0.3, 0.4) is 0 Å². The molecule has 0 saturated carbocycles. The van der Waals surface area contributed by atoms with E-state index in [1.807, 2.05) is 31.2 Å². The van der Waals surface area contributed by atoms with Crippen molar-refractivity contribution in [2.75, 3.05) is 0 Å². The Hall–Kier alpha value is -3.45. The molecule has 4 heteroatoms. The maximum absolute atomic E-state index is 12.7. The number of aryl methyl sites for hydroxylation is 1. The molecule has 0 atom stereocenters. The summed E-state index contributed by atoms with van der Waals surface area (Å²) in [4.78, 5) is 28.7. The van der Waals surface area contributed by atoms with E-state index >= 15 is 0 Å². The van der Waals surface area contributed by atoms with E-state index in [2.05, 4.69) is 10.2 Å². The van der Waals surface area contributed by atoms with Gasteiger partial charge >= 0.3 is 0 Å². The van der Waals surface area contributed by atoms with Crippen LogP contribution in [0.25, 0.3) is 16.1 Å². The zero-order valence-electron chi connectivity index (χ0n) is 13.6. The smallest absolute Gasteiger partial charge is 0.256 e. The predicted molar refractivity (Wildman–Crippen MR) is 95.5 cm³/mol. The minimum atomic E-state index is -0.249. The summed E-state index contributed by atoms with van der Waals surface area (Å²) in [6.07, 6.45) is 0.230. The Morgan fingerprint density at radius 3 is 2.52 bits per heavy atom. The molecule has 0 fully saturated rings. The van der Waals surface area contributed by atoms with Crippen LogP contribution in [0.15, 0.2) is 59.7 Å². The fourth-order valence-corrected chi connectivity index (χ4v) is 3.41. The molecule has 25 heavy (non-hydrogen) atoms. The summed E-state index contributed by atoms with van der Waals surface area (Å²) in [6.45, 7) is 9.13. The molecule has 1 aliphatic heterocycles. The van der Waals surface area contributed by atoms with Gasteiger partial charge in [-0.3, -0.25) is 9.59 Å². The van der Waals surface area contributed by atoms with Gasteiger partial charge in [-0.1, -0.05) is 48.0 Å². The molecule has 0 unspecified atom stereocenters. The number of allylic oxidation sites excluding steroid dienone is 1. The standard InChI is InChI=1S/C21H14N2O2/c1-12-5-3-6-13(9-12)16-11-17(24)19-18(16)21(25)23-20(19)14-7-4-8-15(10-14)22-2/h3-10H,11H2,1H3,(H,23,25). The number of rotatable bonds is 2. The highest BCUT2D eigenvalue weighted by Gasteiger charge is 2.40. The van der Waals surface area contributed by atoms with Crippen LogP contribution in [0, 0.1) is 13.5 Å². The Labute approximate surface area is 145 Å². The molecule has 1 amide bonds. The van der Waals surface area contributed by atoms with Crippen LogP contribution in [-0.4, -0.2) is 11.7 Å². The van der Waals surface area contributed by atoms with Crippen LogP contribution < -0.4 is 5.32 Å². The van der Waals surface area contributed by atoms with E-state index in [0.29, 0.717) is 28.1 Å². The summed E-state index contributed by atoms with van der Waals surface area (Å²) in [5.41, 5.74) is 5.36. The molecule has 0 saturated heterocycles. The summed E-state index contributed by atoms with van der Waals surface area (Å²) in [6, 6.07) is 14.8. The fourth-order valence-electron chi connectivity index (χ4n) is 3.41. The Morgan fingerprint density at radius 1 is 1.00 bits per heavy atom. The molecule has 0 radical (unpaired) electrons. The van der Waals surface area contributed by atoms with E-state index in [4.69, 9.17) is 6.57 Å². The zero-order valence-corrected chi connectivity index (χ0v) is 13.6. The van der Waals surface area contributed by atoms with E-state index in [0.717, 1.165) is 16.7 Å². The van der Waals surface area contributed by atoms with Gasteiger partial charge < -0.3 is 5.32 Å². The van der Waals surface area contributed by atoms with Crippen molar-refractivity contribution in [3.05, 3.63) is 87.8 Å². The third-order valence-corrected chi connectivity index (χ3v) is 4.51. The van der Waals surface area contributed by atoms with Gasteiger partial charge in [0.1, 0.15) is 0 Å². The fraction of sp³-hybridized carbons (Fsp3) is 0.0952. The van der Waals surface area contributed by atoms with E-state index in [9.17, 15) is 9.59 Å². The van der Waals surface area contributed by atoms with Gasteiger partial charge in [-0.2, -0.15) is 0 Å². The average Bonchev–Trinajstić information content (AvgIpc) is 3.14. The molecule has 2 aliphatic rings. The molecule has 4 nitrogen and oxygen atoms in total. The molecule has 1 heterocycles. The van der Waals surface area contributed by atoms with Crippen molar-refractivity contribution >= 4 is 28.6 Å². The SMILES string of the molecule is [C-]#[N+]c1cccc(C2=C3C(=O)CC(c4cccc(C)c4)=C3C(=O)N2)c1. The first-order valence-electron chi connectivity index (χ1n) is 7.96. The second-order valence-electron chi connectivity index (χ2n) is 6.19. The van der Waals surface area contributed by atoms with Crippen molar-refractivity contribution < 1.29 is 9.59 Å².